The second kappa shape index (κ2) is 10.1. The van der Waals surface area contributed by atoms with Gasteiger partial charge in [0.05, 0.1) is 46.0 Å². The molecule has 1 saturated carbocycles. The molecule has 3 fully saturated rings. The minimum Gasteiger partial charge on any atom is -0.475 e. The Balaban J connectivity index is 0.000000431. The lowest BCUT2D eigenvalue weighted by atomic mass is 10.0. The SMILES string of the molecule is Cc1cc(C#N)nc(-c2ccnc3cc(CN4C(=O)C5C(C4=O)C5(C)C)sc23)c1NC1CNC1.O=C(O)C(F)(F)F. The minimum absolute atomic E-state index is 0.0646. The number of nitrogens with one attached hydrogen (secondary N) is 2. The van der Waals surface area contributed by atoms with Crippen LogP contribution >= 0.6 is 11.3 Å². The number of nitriles is 1. The van der Waals surface area contributed by atoms with Crippen LogP contribution < -0.4 is 10.6 Å². The molecule has 2 saturated heterocycles. The number of rotatable bonds is 5. The summed E-state index contributed by atoms with van der Waals surface area (Å²) in [5, 5.41) is 23.5. The number of aliphatic carboxylic acids is 1. The van der Waals surface area contributed by atoms with Gasteiger partial charge < -0.3 is 15.7 Å². The summed E-state index contributed by atoms with van der Waals surface area (Å²) in [4.78, 5) is 46.0. The number of imide groups is 1. The van der Waals surface area contributed by atoms with Crippen molar-refractivity contribution < 1.29 is 32.7 Å². The fraction of sp³-hybridized carbons (Fsp3) is 0.407. The van der Waals surface area contributed by atoms with Crippen molar-refractivity contribution in [2.24, 2.45) is 17.3 Å². The van der Waals surface area contributed by atoms with Crippen LogP contribution in [0.2, 0.25) is 0 Å². The fourth-order valence-corrected chi connectivity index (χ4v) is 6.39. The molecule has 3 N–H and O–H groups in total. The standard InChI is InChI=1S/C25H24N6O2S.C2HF3O2/c1-12-6-13(8-26)29-21(20(12)30-14-9-27-10-14)16-4-5-28-17-7-15(34-22(16)17)11-31-23(32)18-19(24(31)33)25(18,2)3;3-2(4,5)1(6)7/h4-7,14,18-19,27,30H,9-11H2,1-3H3;(H,6,7). The van der Waals surface area contributed by atoms with Gasteiger partial charge in [0.2, 0.25) is 11.8 Å². The number of piperidine rings is 1. The number of hydrogen-bond acceptors (Lipinski definition) is 9. The smallest absolute Gasteiger partial charge is 0.475 e. The van der Waals surface area contributed by atoms with Crippen molar-refractivity contribution in [3.05, 3.63) is 40.5 Å². The van der Waals surface area contributed by atoms with Gasteiger partial charge in [-0.15, -0.1) is 11.3 Å². The molecule has 5 heterocycles. The number of hydrogen-bond donors (Lipinski definition) is 3. The summed E-state index contributed by atoms with van der Waals surface area (Å²) < 4.78 is 32.7. The normalized spacial score (nSPS) is 21.0. The maximum Gasteiger partial charge on any atom is 0.490 e. The molecular weight excluding hydrogens is 561 g/mol. The Labute approximate surface area is 236 Å². The maximum atomic E-state index is 12.8. The van der Waals surface area contributed by atoms with Gasteiger partial charge in [0.25, 0.3) is 0 Å². The lowest BCUT2D eigenvalue weighted by Crippen LogP contribution is -2.51. The Kier molecular flexibility index (Phi) is 6.99. The monoisotopic (exact) mass is 586 g/mol. The van der Waals surface area contributed by atoms with Crippen molar-refractivity contribution in [1.82, 2.24) is 20.2 Å². The number of pyridine rings is 2. The van der Waals surface area contributed by atoms with Gasteiger partial charge in [-0.1, -0.05) is 13.8 Å². The van der Waals surface area contributed by atoms with E-state index in [9.17, 15) is 28.0 Å². The summed E-state index contributed by atoms with van der Waals surface area (Å²) in [6, 6.07) is 8.14. The van der Waals surface area contributed by atoms with Gasteiger partial charge in [0, 0.05) is 29.7 Å². The Morgan fingerprint density at radius 2 is 1.90 bits per heavy atom. The molecule has 2 aliphatic heterocycles. The van der Waals surface area contributed by atoms with Crippen LogP contribution in [0, 0.1) is 35.5 Å². The molecule has 2 amide bonds. The van der Waals surface area contributed by atoms with Crippen LogP contribution in [-0.4, -0.2) is 63.1 Å². The maximum absolute atomic E-state index is 12.8. The number of carbonyl (C=O) groups excluding carboxylic acids is 2. The van der Waals surface area contributed by atoms with E-state index in [1.54, 1.807) is 12.3 Å². The number of alkyl halides is 3. The molecule has 2 atom stereocenters. The quantitative estimate of drug-likeness (QED) is 0.381. The van der Waals surface area contributed by atoms with Crippen LogP contribution in [0.3, 0.4) is 0 Å². The zero-order valence-corrected chi connectivity index (χ0v) is 23.0. The number of halogens is 3. The van der Waals surface area contributed by atoms with Crippen LogP contribution in [-0.2, 0) is 20.9 Å². The molecule has 2 unspecified atom stereocenters. The van der Waals surface area contributed by atoms with Gasteiger partial charge in [-0.25, -0.2) is 9.78 Å². The highest BCUT2D eigenvalue weighted by molar-refractivity contribution is 7.19. The fourth-order valence-electron chi connectivity index (χ4n) is 5.27. The van der Waals surface area contributed by atoms with Crippen LogP contribution in [0.4, 0.5) is 18.9 Å². The first kappa shape index (κ1) is 28.4. The Morgan fingerprint density at radius 1 is 1.27 bits per heavy atom. The highest BCUT2D eigenvalue weighted by Crippen LogP contribution is 2.63. The average Bonchev–Trinajstić information content (AvgIpc) is 3.11. The molecule has 3 aliphatic rings. The first-order chi connectivity index (χ1) is 19.2. The Morgan fingerprint density at radius 3 is 2.44 bits per heavy atom. The summed E-state index contributed by atoms with van der Waals surface area (Å²) in [6.45, 7) is 7.98. The Bertz CT molecular complexity index is 1600. The molecular formula is C27H25F3N6O4S. The second-order valence-electron chi connectivity index (χ2n) is 10.8. The Hall–Kier alpha value is -4.09. The van der Waals surface area contributed by atoms with Gasteiger partial charge >= 0.3 is 12.1 Å². The molecule has 3 aromatic rings. The van der Waals surface area contributed by atoms with Gasteiger partial charge in [0.15, 0.2) is 0 Å². The number of anilines is 1. The number of aromatic nitrogens is 2. The largest absolute Gasteiger partial charge is 0.490 e. The second-order valence-corrected chi connectivity index (χ2v) is 11.9. The third kappa shape index (κ3) is 5.11. The zero-order valence-electron chi connectivity index (χ0n) is 22.2. The summed E-state index contributed by atoms with van der Waals surface area (Å²) in [5.74, 6) is -3.25. The van der Waals surface area contributed by atoms with Crippen molar-refractivity contribution in [1.29, 1.82) is 5.26 Å². The highest BCUT2D eigenvalue weighted by Gasteiger charge is 2.72. The molecule has 0 spiro atoms. The number of fused-ring (bicyclic) bond motifs is 2. The van der Waals surface area contributed by atoms with E-state index in [1.165, 1.54) is 16.2 Å². The number of likely N-dealkylation sites (tertiary alicyclic amines) is 1. The summed E-state index contributed by atoms with van der Waals surface area (Å²) in [6.07, 6.45) is -3.34. The molecule has 214 valence electrons. The van der Waals surface area contributed by atoms with Gasteiger partial charge in [-0.3, -0.25) is 19.5 Å². The van der Waals surface area contributed by atoms with Crippen molar-refractivity contribution in [2.45, 2.75) is 39.5 Å². The lowest BCUT2D eigenvalue weighted by molar-refractivity contribution is -0.192. The van der Waals surface area contributed by atoms with Crippen molar-refractivity contribution >= 4 is 45.0 Å². The van der Waals surface area contributed by atoms with E-state index in [2.05, 4.69) is 26.7 Å². The molecule has 14 heteroatoms. The third-order valence-electron chi connectivity index (χ3n) is 7.63. The molecule has 3 aromatic heterocycles. The first-order valence-electron chi connectivity index (χ1n) is 12.7. The van der Waals surface area contributed by atoms with Crippen molar-refractivity contribution in [3.63, 3.8) is 0 Å². The zero-order chi connectivity index (χ0) is 29.9. The molecule has 10 nitrogen and oxygen atoms in total. The lowest BCUT2D eigenvalue weighted by Gasteiger charge is -2.30. The van der Waals surface area contributed by atoms with E-state index in [-0.39, 0.29) is 35.6 Å². The number of nitrogens with zero attached hydrogens (tertiary/aromatic N) is 4. The number of aryl methyl sites for hydroxylation is 1. The summed E-state index contributed by atoms with van der Waals surface area (Å²) >= 11 is 1.52. The van der Waals surface area contributed by atoms with Crippen LogP contribution in [0.15, 0.2) is 24.4 Å². The molecule has 1 aliphatic carbocycles. The molecule has 0 bridgehead atoms. The summed E-state index contributed by atoms with van der Waals surface area (Å²) in [5.41, 5.74) is 4.43. The number of amides is 2. The van der Waals surface area contributed by atoms with Gasteiger partial charge in [-0.05, 0) is 36.1 Å². The van der Waals surface area contributed by atoms with E-state index in [1.807, 2.05) is 32.9 Å². The van der Waals surface area contributed by atoms with Crippen molar-refractivity contribution in [2.75, 3.05) is 18.4 Å². The van der Waals surface area contributed by atoms with E-state index >= 15 is 0 Å². The number of thiophene rings is 1. The average molecular weight is 587 g/mol. The number of carboxylic acids is 1. The van der Waals surface area contributed by atoms with Crippen LogP contribution in [0.25, 0.3) is 21.5 Å². The van der Waals surface area contributed by atoms with E-state index in [4.69, 9.17) is 9.90 Å². The minimum atomic E-state index is -5.08. The van der Waals surface area contributed by atoms with E-state index < -0.39 is 12.1 Å². The first-order valence-corrected chi connectivity index (χ1v) is 13.5. The predicted octanol–water partition coefficient (Wildman–Crippen LogP) is 3.70. The van der Waals surface area contributed by atoms with E-state index in [0.29, 0.717) is 11.7 Å². The molecule has 0 radical (unpaired) electrons. The van der Waals surface area contributed by atoms with Gasteiger partial charge in [-0.2, -0.15) is 18.4 Å². The number of carboxylic acid groups (broad SMARTS) is 1. The number of carbonyl (C=O) groups is 3. The molecule has 0 aromatic carbocycles. The van der Waals surface area contributed by atoms with Crippen LogP contribution in [0.1, 0.15) is 30.0 Å². The van der Waals surface area contributed by atoms with Gasteiger partial charge in [0.1, 0.15) is 11.8 Å². The topological polar surface area (TPSA) is 148 Å². The van der Waals surface area contributed by atoms with Crippen LogP contribution in [0.5, 0.6) is 0 Å². The van der Waals surface area contributed by atoms with Crippen molar-refractivity contribution in [3.8, 4) is 17.3 Å². The third-order valence-corrected chi connectivity index (χ3v) is 8.77. The summed E-state index contributed by atoms with van der Waals surface area (Å²) in [7, 11) is 0. The predicted molar refractivity (Wildman–Crippen MR) is 143 cm³/mol. The highest BCUT2D eigenvalue weighted by atomic mass is 32.1. The molecule has 6 rings (SSSR count). The molecule has 41 heavy (non-hydrogen) atoms. The van der Waals surface area contributed by atoms with E-state index in [0.717, 1.165) is 50.7 Å².